The minimum absolute atomic E-state index is 0.304. The summed E-state index contributed by atoms with van der Waals surface area (Å²) >= 11 is 0. The number of aryl methyl sites for hydroxylation is 1. The number of fused-ring (bicyclic) bond motifs is 1. The van der Waals surface area contributed by atoms with E-state index in [0.29, 0.717) is 42.1 Å². The van der Waals surface area contributed by atoms with Crippen LogP contribution in [-0.4, -0.2) is 36.9 Å². The third-order valence-electron chi connectivity index (χ3n) is 2.64. The standard InChI is InChI=1S/C10H13N9O/c1-5-14-7(20-19-5)2-3-12-8-6-4-13-18-9(6)16-10(15-8)17-11/h4H,2-3,11H2,1H3,(H3,12,13,15,16,17,18). The first-order valence-electron chi connectivity index (χ1n) is 5.97. The van der Waals surface area contributed by atoms with Gasteiger partial charge >= 0.3 is 0 Å². The van der Waals surface area contributed by atoms with E-state index in [1.54, 1.807) is 13.1 Å². The van der Waals surface area contributed by atoms with Crippen molar-refractivity contribution < 1.29 is 4.52 Å². The van der Waals surface area contributed by atoms with Gasteiger partial charge in [-0.15, -0.1) is 0 Å². The molecule has 0 aromatic carbocycles. The minimum atomic E-state index is 0.304. The highest BCUT2D eigenvalue weighted by Crippen LogP contribution is 2.19. The van der Waals surface area contributed by atoms with Crippen LogP contribution in [0.4, 0.5) is 11.8 Å². The molecule has 0 bridgehead atoms. The van der Waals surface area contributed by atoms with E-state index in [1.165, 1.54) is 0 Å². The molecule has 0 aliphatic heterocycles. The number of hydrogen-bond acceptors (Lipinski definition) is 9. The second-order valence-corrected chi connectivity index (χ2v) is 4.08. The number of nitrogens with zero attached hydrogens (tertiary/aromatic N) is 5. The van der Waals surface area contributed by atoms with Crippen LogP contribution in [0.15, 0.2) is 10.7 Å². The highest BCUT2D eigenvalue weighted by atomic mass is 16.5. The average Bonchev–Trinajstić information content (AvgIpc) is 3.07. The van der Waals surface area contributed by atoms with E-state index in [9.17, 15) is 0 Å². The Bertz CT molecular complexity index is 718. The highest BCUT2D eigenvalue weighted by Gasteiger charge is 2.09. The molecule has 3 rings (SSSR count). The van der Waals surface area contributed by atoms with Gasteiger partial charge < -0.3 is 9.84 Å². The Hall–Kier alpha value is -2.75. The first kappa shape index (κ1) is 12.3. The van der Waals surface area contributed by atoms with Crippen LogP contribution in [0.3, 0.4) is 0 Å². The number of nitrogen functional groups attached to an aromatic ring is 1. The molecule has 0 saturated carbocycles. The van der Waals surface area contributed by atoms with E-state index >= 15 is 0 Å². The number of hydrogen-bond donors (Lipinski definition) is 4. The number of rotatable bonds is 5. The van der Waals surface area contributed by atoms with Gasteiger partial charge in [-0.3, -0.25) is 10.5 Å². The maximum Gasteiger partial charge on any atom is 0.241 e. The molecule has 0 amide bonds. The van der Waals surface area contributed by atoms with Crippen molar-refractivity contribution in [2.24, 2.45) is 5.84 Å². The summed E-state index contributed by atoms with van der Waals surface area (Å²) in [5.41, 5.74) is 3.01. The molecule has 0 spiro atoms. The number of aromatic amines is 1. The summed E-state index contributed by atoms with van der Waals surface area (Å²) in [5, 5.41) is 14.4. The molecule has 3 heterocycles. The van der Waals surface area contributed by atoms with Crippen LogP contribution in [0, 0.1) is 6.92 Å². The fourth-order valence-corrected chi connectivity index (χ4v) is 1.76. The van der Waals surface area contributed by atoms with Crippen LogP contribution >= 0.6 is 0 Å². The van der Waals surface area contributed by atoms with Crippen molar-refractivity contribution in [1.29, 1.82) is 0 Å². The quantitative estimate of drug-likeness (QED) is 0.373. The zero-order valence-corrected chi connectivity index (χ0v) is 10.7. The Labute approximate surface area is 113 Å². The van der Waals surface area contributed by atoms with Gasteiger partial charge in [0.1, 0.15) is 5.82 Å². The van der Waals surface area contributed by atoms with Gasteiger partial charge in [0.15, 0.2) is 11.5 Å². The topological polar surface area (TPSA) is 143 Å². The summed E-state index contributed by atoms with van der Waals surface area (Å²) in [5.74, 6) is 7.46. The molecule has 3 aromatic rings. The summed E-state index contributed by atoms with van der Waals surface area (Å²) in [4.78, 5) is 12.5. The van der Waals surface area contributed by atoms with Crippen molar-refractivity contribution in [2.45, 2.75) is 13.3 Å². The number of nitrogens with one attached hydrogen (secondary N) is 3. The highest BCUT2D eigenvalue weighted by molar-refractivity contribution is 5.86. The first-order chi connectivity index (χ1) is 9.76. The Morgan fingerprint density at radius 3 is 3.00 bits per heavy atom. The lowest BCUT2D eigenvalue weighted by molar-refractivity contribution is 0.377. The van der Waals surface area contributed by atoms with Crippen molar-refractivity contribution in [2.75, 3.05) is 17.3 Å². The van der Waals surface area contributed by atoms with E-state index in [0.717, 1.165) is 5.39 Å². The summed E-state index contributed by atoms with van der Waals surface area (Å²) in [6.07, 6.45) is 2.24. The van der Waals surface area contributed by atoms with Crippen LogP contribution in [0.5, 0.6) is 0 Å². The molecule has 0 radical (unpaired) electrons. The van der Waals surface area contributed by atoms with Gasteiger partial charge in [0.25, 0.3) is 0 Å². The van der Waals surface area contributed by atoms with Crippen molar-refractivity contribution in [1.82, 2.24) is 30.3 Å². The summed E-state index contributed by atoms with van der Waals surface area (Å²) < 4.78 is 5.03. The van der Waals surface area contributed by atoms with Crippen molar-refractivity contribution >= 4 is 22.8 Å². The molecule has 0 aliphatic carbocycles. The van der Waals surface area contributed by atoms with Crippen LogP contribution in [0.25, 0.3) is 11.0 Å². The lowest BCUT2D eigenvalue weighted by Gasteiger charge is -2.06. The zero-order chi connectivity index (χ0) is 13.9. The number of H-pyrrole nitrogens is 1. The predicted octanol–water partition coefficient (Wildman–Crippen LogP) is -0.0155. The second kappa shape index (κ2) is 5.09. The molecule has 104 valence electrons. The van der Waals surface area contributed by atoms with E-state index in [-0.39, 0.29) is 0 Å². The lowest BCUT2D eigenvalue weighted by atomic mass is 10.3. The van der Waals surface area contributed by atoms with Crippen molar-refractivity contribution in [3.8, 4) is 0 Å². The minimum Gasteiger partial charge on any atom is -0.369 e. The molecule has 5 N–H and O–H groups in total. The van der Waals surface area contributed by atoms with E-state index in [2.05, 4.69) is 41.0 Å². The van der Waals surface area contributed by atoms with Gasteiger partial charge in [-0.05, 0) is 6.92 Å². The fourth-order valence-electron chi connectivity index (χ4n) is 1.76. The normalized spacial score (nSPS) is 10.9. The largest absolute Gasteiger partial charge is 0.369 e. The van der Waals surface area contributed by atoms with E-state index < -0.39 is 0 Å². The van der Waals surface area contributed by atoms with Gasteiger partial charge in [-0.1, -0.05) is 5.16 Å². The smallest absolute Gasteiger partial charge is 0.241 e. The Morgan fingerprint density at radius 1 is 1.35 bits per heavy atom. The van der Waals surface area contributed by atoms with E-state index in [4.69, 9.17) is 10.4 Å². The summed E-state index contributed by atoms with van der Waals surface area (Å²) in [7, 11) is 0. The Kier molecular flexibility index (Phi) is 3.13. The van der Waals surface area contributed by atoms with Gasteiger partial charge in [0, 0.05) is 13.0 Å². The second-order valence-electron chi connectivity index (χ2n) is 4.08. The maximum atomic E-state index is 5.33. The number of nitrogens with two attached hydrogens (primary N) is 1. The molecule has 20 heavy (non-hydrogen) atoms. The molecule has 0 atom stereocenters. The molecule has 0 aliphatic rings. The number of aromatic nitrogens is 6. The molecular formula is C10H13N9O. The third-order valence-corrected chi connectivity index (χ3v) is 2.64. The molecule has 0 fully saturated rings. The van der Waals surface area contributed by atoms with Gasteiger partial charge in [-0.2, -0.15) is 20.1 Å². The van der Waals surface area contributed by atoms with E-state index in [1.807, 2.05) is 0 Å². The molecule has 10 nitrogen and oxygen atoms in total. The van der Waals surface area contributed by atoms with Gasteiger partial charge in [0.2, 0.25) is 11.8 Å². The average molecular weight is 275 g/mol. The summed E-state index contributed by atoms with van der Waals surface area (Å²) in [6.45, 7) is 2.36. The SMILES string of the molecule is Cc1noc(CCNc2nc(NN)nc3[nH]ncc23)n1. The predicted molar refractivity (Wildman–Crippen MR) is 70.7 cm³/mol. The van der Waals surface area contributed by atoms with Crippen LogP contribution in [0.1, 0.15) is 11.7 Å². The Morgan fingerprint density at radius 2 is 2.25 bits per heavy atom. The van der Waals surface area contributed by atoms with Gasteiger partial charge in [-0.25, -0.2) is 5.84 Å². The monoisotopic (exact) mass is 275 g/mol. The first-order valence-corrected chi connectivity index (χ1v) is 5.97. The molecular weight excluding hydrogens is 262 g/mol. The fraction of sp³-hybridized carbons (Fsp3) is 0.300. The van der Waals surface area contributed by atoms with Crippen molar-refractivity contribution in [3.05, 3.63) is 17.9 Å². The van der Waals surface area contributed by atoms with Crippen LogP contribution in [0.2, 0.25) is 0 Å². The van der Waals surface area contributed by atoms with Gasteiger partial charge in [0.05, 0.1) is 11.6 Å². The Balaban J connectivity index is 1.74. The zero-order valence-electron chi connectivity index (χ0n) is 10.7. The number of anilines is 2. The maximum absolute atomic E-state index is 5.33. The molecule has 0 unspecified atom stereocenters. The summed E-state index contributed by atoms with van der Waals surface area (Å²) in [6, 6.07) is 0. The number of hydrazine groups is 1. The van der Waals surface area contributed by atoms with Crippen LogP contribution < -0.4 is 16.6 Å². The van der Waals surface area contributed by atoms with Crippen LogP contribution in [-0.2, 0) is 6.42 Å². The lowest BCUT2D eigenvalue weighted by Crippen LogP contribution is -2.13. The molecule has 10 heteroatoms. The molecule has 3 aromatic heterocycles. The van der Waals surface area contributed by atoms with Crippen molar-refractivity contribution in [3.63, 3.8) is 0 Å². The third kappa shape index (κ3) is 2.36. The molecule has 0 saturated heterocycles.